The monoisotopic (exact) mass is 396 g/mol. The Morgan fingerprint density at radius 1 is 1.37 bits per heavy atom. The summed E-state index contributed by atoms with van der Waals surface area (Å²) in [7, 11) is 1.42. The standard InChI is InChI=1S/C19H25FN2O4S/c1-18(2,3)27(25)21-16-13-10-14(20)15(26-4)9-12(13)11-19(16)5-7-22(8-6-19)17(23)24/h9-10H,5-8,11H2,1-4H3,(H,23,24)/t27-/m1/s1. The molecule has 1 fully saturated rings. The summed E-state index contributed by atoms with van der Waals surface area (Å²) < 4.78 is 36.2. The first-order valence-electron chi connectivity index (χ1n) is 8.93. The van der Waals surface area contributed by atoms with Crippen LogP contribution in [0.1, 0.15) is 44.7 Å². The van der Waals surface area contributed by atoms with Crippen LogP contribution in [0.2, 0.25) is 0 Å². The number of piperidine rings is 1. The highest BCUT2D eigenvalue weighted by Gasteiger charge is 2.48. The van der Waals surface area contributed by atoms with E-state index < -0.39 is 33.4 Å². The Labute approximate surface area is 161 Å². The van der Waals surface area contributed by atoms with Crippen molar-refractivity contribution in [3.05, 3.63) is 29.1 Å². The van der Waals surface area contributed by atoms with E-state index in [0.29, 0.717) is 43.6 Å². The van der Waals surface area contributed by atoms with E-state index in [-0.39, 0.29) is 5.75 Å². The minimum Gasteiger partial charge on any atom is -0.591 e. The van der Waals surface area contributed by atoms with Gasteiger partial charge in [-0.3, -0.25) is 0 Å². The number of carboxylic acid groups (broad SMARTS) is 1. The van der Waals surface area contributed by atoms with Gasteiger partial charge in [-0.1, -0.05) is 4.40 Å². The lowest BCUT2D eigenvalue weighted by Gasteiger charge is -2.38. The zero-order valence-electron chi connectivity index (χ0n) is 16.0. The fourth-order valence-electron chi connectivity index (χ4n) is 3.76. The van der Waals surface area contributed by atoms with Gasteiger partial charge in [-0.15, -0.1) is 0 Å². The summed E-state index contributed by atoms with van der Waals surface area (Å²) in [4.78, 5) is 12.7. The van der Waals surface area contributed by atoms with Crippen molar-refractivity contribution in [2.45, 2.75) is 44.8 Å². The molecular weight excluding hydrogens is 371 g/mol. The predicted octanol–water partition coefficient (Wildman–Crippen LogP) is 3.40. The number of halogens is 1. The maximum Gasteiger partial charge on any atom is 0.407 e. The number of fused-ring (bicyclic) bond motifs is 1. The Morgan fingerprint density at radius 3 is 2.52 bits per heavy atom. The maximum atomic E-state index is 14.4. The van der Waals surface area contributed by atoms with E-state index in [1.165, 1.54) is 18.1 Å². The molecule has 0 bridgehead atoms. The molecule has 0 radical (unpaired) electrons. The lowest BCUT2D eigenvalue weighted by Crippen LogP contribution is -2.45. The van der Waals surface area contributed by atoms with Crippen LogP contribution in [0.25, 0.3) is 0 Å². The number of ether oxygens (including phenoxy) is 1. The van der Waals surface area contributed by atoms with E-state index in [2.05, 4.69) is 4.40 Å². The van der Waals surface area contributed by atoms with Crippen LogP contribution in [0.3, 0.4) is 0 Å². The van der Waals surface area contributed by atoms with Crippen molar-refractivity contribution in [3.63, 3.8) is 0 Å². The van der Waals surface area contributed by atoms with Gasteiger partial charge in [-0.25, -0.2) is 9.18 Å². The number of hydrogen-bond acceptors (Lipinski definition) is 4. The Balaban J connectivity index is 2.06. The van der Waals surface area contributed by atoms with Crippen LogP contribution in [0.5, 0.6) is 5.75 Å². The van der Waals surface area contributed by atoms with E-state index in [4.69, 9.17) is 4.74 Å². The zero-order chi connectivity index (χ0) is 20.0. The van der Waals surface area contributed by atoms with Crippen LogP contribution in [-0.2, 0) is 17.8 Å². The molecule has 6 nitrogen and oxygen atoms in total. The maximum absolute atomic E-state index is 14.4. The fraction of sp³-hybridized carbons (Fsp3) is 0.579. The molecule has 1 heterocycles. The number of rotatable bonds is 2. The Kier molecular flexibility index (Phi) is 5.16. The first-order chi connectivity index (χ1) is 12.6. The molecule has 0 unspecified atom stereocenters. The van der Waals surface area contributed by atoms with Gasteiger partial charge in [0.1, 0.15) is 21.8 Å². The number of methoxy groups -OCH3 is 1. The van der Waals surface area contributed by atoms with Crippen LogP contribution >= 0.6 is 0 Å². The number of amides is 1. The summed E-state index contributed by atoms with van der Waals surface area (Å²) in [5, 5.41) is 9.25. The second-order valence-electron chi connectivity index (χ2n) is 8.17. The highest BCUT2D eigenvalue weighted by molar-refractivity contribution is 7.91. The summed E-state index contributed by atoms with van der Waals surface area (Å²) in [6.07, 6.45) is 0.813. The number of likely N-dealkylation sites (tertiary alicyclic amines) is 1. The molecule has 1 N–H and O–H groups in total. The molecule has 1 amide bonds. The summed E-state index contributed by atoms with van der Waals surface area (Å²) >= 11 is -1.49. The molecule has 1 aliphatic heterocycles. The number of nitrogens with zero attached hydrogens (tertiary/aromatic N) is 2. The number of benzene rings is 1. The van der Waals surface area contributed by atoms with Crippen LogP contribution in [0.4, 0.5) is 9.18 Å². The van der Waals surface area contributed by atoms with Gasteiger partial charge >= 0.3 is 6.09 Å². The molecule has 1 aliphatic carbocycles. The van der Waals surface area contributed by atoms with Gasteiger partial charge in [0.2, 0.25) is 0 Å². The van der Waals surface area contributed by atoms with E-state index in [0.717, 1.165) is 5.56 Å². The van der Waals surface area contributed by atoms with Crippen LogP contribution in [0.15, 0.2) is 16.5 Å². The first kappa shape index (κ1) is 19.9. The van der Waals surface area contributed by atoms with Crippen molar-refractivity contribution >= 4 is 23.2 Å². The minimum atomic E-state index is -1.49. The topological polar surface area (TPSA) is 85.2 Å². The average molecular weight is 396 g/mol. The summed E-state index contributed by atoms with van der Waals surface area (Å²) in [6.45, 7) is 6.29. The molecule has 2 aliphatic rings. The smallest absolute Gasteiger partial charge is 0.407 e. The van der Waals surface area contributed by atoms with Gasteiger partial charge < -0.3 is 19.3 Å². The predicted molar refractivity (Wildman–Crippen MR) is 102 cm³/mol. The third kappa shape index (κ3) is 3.65. The van der Waals surface area contributed by atoms with E-state index in [9.17, 15) is 18.8 Å². The van der Waals surface area contributed by atoms with Crippen LogP contribution in [-0.4, -0.2) is 51.3 Å². The molecule has 1 spiro atoms. The first-order valence-corrected chi connectivity index (χ1v) is 10.0. The molecule has 1 aromatic carbocycles. The minimum absolute atomic E-state index is 0.171. The molecule has 3 rings (SSSR count). The molecular formula is C19H25FN2O4S. The molecule has 148 valence electrons. The highest BCUT2D eigenvalue weighted by atomic mass is 32.2. The van der Waals surface area contributed by atoms with Crippen LogP contribution < -0.4 is 4.74 Å². The van der Waals surface area contributed by atoms with Gasteiger partial charge in [0.15, 0.2) is 11.6 Å². The van der Waals surface area contributed by atoms with Gasteiger partial charge in [0, 0.05) is 24.1 Å². The van der Waals surface area contributed by atoms with E-state index >= 15 is 0 Å². The lowest BCUT2D eigenvalue weighted by atomic mass is 9.74. The van der Waals surface area contributed by atoms with Crippen molar-refractivity contribution in [2.24, 2.45) is 9.81 Å². The number of carbonyl (C=O) groups is 1. The molecule has 8 heteroatoms. The summed E-state index contributed by atoms with van der Waals surface area (Å²) in [6, 6.07) is 3.09. The molecule has 0 aromatic heterocycles. The second kappa shape index (κ2) is 6.98. The Morgan fingerprint density at radius 2 is 2.00 bits per heavy atom. The average Bonchev–Trinajstić information content (AvgIpc) is 2.86. The van der Waals surface area contributed by atoms with Gasteiger partial charge in [0.05, 0.1) is 7.11 Å². The largest absolute Gasteiger partial charge is 0.591 e. The fourth-order valence-corrected chi connectivity index (χ4v) is 4.49. The Hall–Kier alpha value is -1.80. The third-order valence-electron chi connectivity index (χ3n) is 5.35. The molecule has 0 saturated carbocycles. The lowest BCUT2D eigenvalue weighted by molar-refractivity contribution is 0.115. The van der Waals surface area contributed by atoms with Crippen molar-refractivity contribution in [1.29, 1.82) is 0 Å². The van der Waals surface area contributed by atoms with Gasteiger partial charge in [-0.2, -0.15) is 0 Å². The summed E-state index contributed by atoms with van der Waals surface area (Å²) in [5.41, 5.74) is 1.78. The normalized spacial score (nSPS) is 21.4. The molecule has 1 atom stereocenters. The van der Waals surface area contributed by atoms with Crippen molar-refractivity contribution in [1.82, 2.24) is 4.90 Å². The van der Waals surface area contributed by atoms with E-state index in [1.54, 1.807) is 6.07 Å². The zero-order valence-corrected chi connectivity index (χ0v) is 16.9. The molecule has 1 aromatic rings. The summed E-state index contributed by atoms with van der Waals surface area (Å²) in [5.74, 6) is -0.310. The number of hydrogen-bond donors (Lipinski definition) is 1. The third-order valence-corrected chi connectivity index (χ3v) is 6.75. The highest BCUT2D eigenvalue weighted by Crippen LogP contribution is 2.47. The quantitative estimate of drug-likeness (QED) is 0.777. The Bertz CT molecular complexity index is 783. The van der Waals surface area contributed by atoms with Crippen molar-refractivity contribution < 1.29 is 23.6 Å². The molecule has 1 saturated heterocycles. The van der Waals surface area contributed by atoms with E-state index in [1.807, 2.05) is 20.8 Å². The second-order valence-corrected chi connectivity index (χ2v) is 10.1. The van der Waals surface area contributed by atoms with Gasteiger partial charge in [-0.05, 0) is 57.7 Å². The SMILES string of the molecule is COc1cc2c(cc1F)C(=N[S@+]([O-])C(C)(C)C)C1(CCN(C(=O)O)CC1)C2. The van der Waals surface area contributed by atoms with Crippen molar-refractivity contribution in [2.75, 3.05) is 20.2 Å². The van der Waals surface area contributed by atoms with Crippen molar-refractivity contribution in [3.8, 4) is 5.75 Å². The molecule has 27 heavy (non-hydrogen) atoms. The van der Waals surface area contributed by atoms with Gasteiger partial charge in [0.25, 0.3) is 0 Å². The van der Waals surface area contributed by atoms with Crippen LogP contribution in [0, 0.1) is 11.2 Å².